The van der Waals surface area contributed by atoms with Crippen LogP contribution in [0.15, 0.2) is 36.9 Å². The molecule has 1 aromatic carbocycles. The van der Waals surface area contributed by atoms with Gasteiger partial charge in [0.2, 0.25) is 0 Å². The quantitative estimate of drug-likeness (QED) is 0.562. The molecule has 20 heavy (non-hydrogen) atoms. The molecule has 4 rings (SSSR count). The number of H-pyrrole nitrogens is 1. The second kappa shape index (κ2) is 3.94. The molecule has 0 saturated heterocycles. The minimum atomic E-state index is 0.420. The highest BCUT2D eigenvalue weighted by Gasteiger charge is 2.12. The molecule has 0 aliphatic carbocycles. The SMILES string of the molecule is Nc1ncnc2c1cnn2-c1c[nH]c2cc(Cl)ccc12. The highest BCUT2D eigenvalue weighted by Crippen LogP contribution is 2.27. The Morgan fingerprint density at radius 1 is 1.20 bits per heavy atom. The molecule has 7 heteroatoms. The van der Waals surface area contributed by atoms with E-state index in [1.165, 1.54) is 6.33 Å². The van der Waals surface area contributed by atoms with Crippen LogP contribution in [0.4, 0.5) is 5.82 Å². The van der Waals surface area contributed by atoms with E-state index in [1.807, 2.05) is 24.4 Å². The molecule has 0 aliphatic heterocycles. The van der Waals surface area contributed by atoms with Gasteiger partial charge in [-0.25, -0.2) is 14.6 Å². The predicted molar refractivity (Wildman–Crippen MR) is 77.9 cm³/mol. The van der Waals surface area contributed by atoms with E-state index in [-0.39, 0.29) is 0 Å². The van der Waals surface area contributed by atoms with Gasteiger partial charge in [-0.2, -0.15) is 5.10 Å². The van der Waals surface area contributed by atoms with Gasteiger partial charge >= 0.3 is 0 Å². The van der Waals surface area contributed by atoms with Gasteiger partial charge in [-0.3, -0.25) is 0 Å². The lowest BCUT2D eigenvalue weighted by Gasteiger charge is -2.01. The molecule has 0 unspecified atom stereocenters. The number of aromatic nitrogens is 5. The number of hydrogen-bond donors (Lipinski definition) is 2. The van der Waals surface area contributed by atoms with Gasteiger partial charge in [-0.05, 0) is 18.2 Å². The first-order chi connectivity index (χ1) is 9.74. The molecule has 0 bridgehead atoms. The van der Waals surface area contributed by atoms with Crippen molar-refractivity contribution in [1.82, 2.24) is 24.7 Å². The van der Waals surface area contributed by atoms with Crippen LogP contribution in [-0.4, -0.2) is 24.7 Å². The molecule has 3 aromatic heterocycles. The molecule has 0 atom stereocenters. The summed E-state index contributed by atoms with van der Waals surface area (Å²) in [6.45, 7) is 0. The Morgan fingerprint density at radius 3 is 3.00 bits per heavy atom. The molecule has 4 aromatic rings. The lowest BCUT2D eigenvalue weighted by atomic mass is 10.2. The number of fused-ring (bicyclic) bond motifs is 2. The van der Waals surface area contributed by atoms with Crippen molar-refractivity contribution < 1.29 is 0 Å². The first-order valence-corrected chi connectivity index (χ1v) is 6.33. The zero-order valence-corrected chi connectivity index (χ0v) is 11.0. The smallest absolute Gasteiger partial charge is 0.168 e. The van der Waals surface area contributed by atoms with Gasteiger partial charge in [0, 0.05) is 22.1 Å². The first-order valence-electron chi connectivity index (χ1n) is 5.95. The van der Waals surface area contributed by atoms with E-state index >= 15 is 0 Å². The van der Waals surface area contributed by atoms with E-state index in [1.54, 1.807) is 10.9 Å². The fourth-order valence-electron chi connectivity index (χ4n) is 2.30. The third kappa shape index (κ3) is 1.48. The summed E-state index contributed by atoms with van der Waals surface area (Å²) in [6.07, 6.45) is 4.96. The highest BCUT2D eigenvalue weighted by atomic mass is 35.5. The van der Waals surface area contributed by atoms with Crippen molar-refractivity contribution in [2.24, 2.45) is 0 Å². The van der Waals surface area contributed by atoms with E-state index in [4.69, 9.17) is 17.3 Å². The first kappa shape index (κ1) is 11.2. The molecule has 0 spiro atoms. The van der Waals surface area contributed by atoms with Crippen molar-refractivity contribution in [1.29, 1.82) is 0 Å². The van der Waals surface area contributed by atoms with Crippen molar-refractivity contribution in [2.75, 3.05) is 5.73 Å². The summed E-state index contributed by atoms with van der Waals surface area (Å²) < 4.78 is 1.74. The summed E-state index contributed by atoms with van der Waals surface area (Å²) in [7, 11) is 0. The number of nitrogens with one attached hydrogen (secondary N) is 1. The van der Waals surface area contributed by atoms with Crippen molar-refractivity contribution in [3.8, 4) is 5.69 Å². The van der Waals surface area contributed by atoms with Crippen LogP contribution in [0.25, 0.3) is 27.6 Å². The lowest BCUT2D eigenvalue weighted by Crippen LogP contribution is -1.98. The van der Waals surface area contributed by atoms with Gasteiger partial charge in [0.05, 0.1) is 17.3 Å². The van der Waals surface area contributed by atoms with E-state index < -0.39 is 0 Å². The number of anilines is 1. The summed E-state index contributed by atoms with van der Waals surface area (Å²) in [5, 5.41) is 6.78. The van der Waals surface area contributed by atoms with Crippen LogP contribution in [0.2, 0.25) is 5.02 Å². The number of benzene rings is 1. The summed E-state index contributed by atoms with van der Waals surface area (Å²) in [6, 6.07) is 5.66. The van der Waals surface area contributed by atoms with Gasteiger partial charge < -0.3 is 10.7 Å². The number of nitrogen functional groups attached to an aromatic ring is 1. The highest BCUT2D eigenvalue weighted by molar-refractivity contribution is 6.31. The van der Waals surface area contributed by atoms with Crippen LogP contribution in [-0.2, 0) is 0 Å². The number of nitrogens with two attached hydrogens (primary N) is 1. The van der Waals surface area contributed by atoms with Crippen LogP contribution in [0.1, 0.15) is 0 Å². The van der Waals surface area contributed by atoms with E-state index in [0.717, 1.165) is 22.0 Å². The van der Waals surface area contributed by atoms with Crippen molar-refractivity contribution in [3.05, 3.63) is 41.9 Å². The van der Waals surface area contributed by atoms with Crippen LogP contribution in [0.5, 0.6) is 0 Å². The second-order valence-corrected chi connectivity index (χ2v) is 4.85. The van der Waals surface area contributed by atoms with Gasteiger partial charge in [0.15, 0.2) is 5.65 Å². The maximum absolute atomic E-state index is 5.99. The maximum Gasteiger partial charge on any atom is 0.168 e. The Labute approximate surface area is 118 Å². The monoisotopic (exact) mass is 284 g/mol. The molecule has 98 valence electrons. The number of aromatic amines is 1. The number of rotatable bonds is 1. The minimum absolute atomic E-state index is 0.420. The topological polar surface area (TPSA) is 85.4 Å². The number of hydrogen-bond acceptors (Lipinski definition) is 4. The third-order valence-electron chi connectivity index (χ3n) is 3.25. The van der Waals surface area contributed by atoms with E-state index in [9.17, 15) is 0 Å². The Morgan fingerprint density at radius 2 is 2.10 bits per heavy atom. The molecule has 0 radical (unpaired) electrons. The second-order valence-electron chi connectivity index (χ2n) is 4.42. The summed E-state index contributed by atoms with van der Waals surface area (Å²) in [5.74, 6) is 0.420. The van der Waals surface area contributed by atoms with E-state index in [2.05, 4.69) is 20.1 Å². The molecule has 0 fully saturated rings. The number of nitrogens with zero attached hydrogens (tertiary/aromatic N) is 4. The average molecular weight is 285 g/mol. The largest absolute Gasteiger partial charge is 0.383 e. The standard InChI is InChI=1S/C13H9ClN6/c14-7-1-2-8-10(3-7)16-5-11(8)20-13-9(4-19-20)12(15)17-6-18-13/h1-6,16H,(H2,15,17,18). The molecule has 3 heterocycles. The van der Waals surface area contributed by atoms with Crippen LogP contribution < -0.4 is 5.73 Å². The van der Waals surface area contributed by atoms with Gasteiger partial charge in [-0.1, -0.05) is 11.6 Å². The third-order valence-corrected chi connectivity index (χ3v) is 3.48. The molecular formula is C13H9ClN6. The predicted octanol–water partition coefficient (Wildman–Crippen LogP) is 2.53. The summed E-state index contributed by atoms with van der Waals surface area (Å²) in [4.78, 5) is 11.4. The van der Waals surface area contributed by atoms with Crippen molar-refractivity contribution >= 4 is 39.4 Å². The normalized spacial score (nSPS) is 11.4. The maximum atomic E-state index is 5.99. The summed E-state index contributed by atoms with van der Waals surface area (Å²) in [5.41, 5.74) is 8.34. The Bertz CT molecular complexity index is 938. The van der Waals surface area contributed by atoms with Crippen LogP contribution in [0, 0.1) is 0 Å². The summed E-state index contributed by atoms with van der Waals surface area (Å²) >= 11 is 5.99. The molecule has 3 N–H and O–H groups in total. The van der Waals surface area contributed by atoms with Crippen molar-refractivity contribution in [3.63, 3.8) is 0 Å². The fourth-order valence-corrected chi connectivity index (χ4v) is 2.47. The van der Waals surface area contributed by atoms with E-state index in [0.29, 0.717) is 16.5 Å². The Hall–Kier alpha value is -2.60. The van der Waals surface area contributed by atoms with Crippen LogP contribution >= 0.6 is 11.6 Å². The fraction of sp³-hybridized carbons (Fsp3) is 0. The van der Waals surface area contributed by atoms with Crippen molar-refractivity contribution in [2.45, 2.75) is 0 Å². The van der Waals surface area contributed by atoms with Gasteiger partial charge in [-0.15, -0.1) is 0 Å². The molecule has 6 nitrogen and oxygen atoms in total. The average Bonchev–Trinajstić information content (AvgIpc) is 3.02. The van der Waals surface area contributed by atoms with Crippen LogP contribution in [0.3, 0.4) is 0 Å². The zero-order valence-electron chi connectivity index (χ0n) is 10.2. The Balaban J connectivity index is 2.04. The number of halogens is 1. The molecule has 0 aliphatic rings. The Kier molecular flexibility index (Phi) is 2.22. The lowest BCUT2D eigenvalue weighted by molar-refractivity contribution is 0.901. The minimum Gasteiger partial charge on any atom is -0.383 e. The molecule has 0 amide bonds. The molecular weight excluding hydrogens is 276 g/mol. The zero-order chi connectivity index (χ0) is 13.7. The van der Waals surface area contributed by atoms with Gasteiger partial charge in [0.25, 0.3) is 0 Å². The van der Waals surface area contributed by atoms with Gasteiger partial charge in [0.1, 0.15) is 12.1 Å². The molecule has 0 saturated carbocycles.